The number of rotatable bonds is 39. The van der Waals surface area contributed by atoms with Gasteiger partial charge in [0.2, 0.25) is 0 Å². The first kappa shape index (κ1) is 49.6. The van der Waals surface area contributed by atoms with Crippen LogP contribution in [0.5, 0.6) is 0 Å². The molecule has 0 bridgehead atoms. The van der Waals surface area contributed by atoms with Gasteiger partial charge in [-0.3, -0.25) is 9.59 Å². The molecule has 0 spiro atoms. The minimum absolute atomic E-state index is 0.0711. The number of unbranched alkanes of at least 4 members (excludes halogenated alkanes) is 18. The van der Waals surface area contributed by atoms with Crippen LogP contribution in [-0.4, -0.2) is 37.9 Å². The second-order valence-electron chi connectivity index (χ2n) is 14.2. The topological polar surface area (TPSA) is 61.8 Å². The first-order chi connectivity index (χ1) is 25.6. The average Bonchev–Trinajstić information content (AvgIpc) is 3.14. The second kappa shape index (κ2) is 43.0. The molecule has 1 unspecified atom stereocenters. The second-order valence-corrected chi connectivity index (χ2v) is 14.2. The Morgan fingerprint density at radius 1 is 0.442 bits per heavy atom. The highest BCUT2D eigenvalue weighted by molar-refractivity contribution is 5.70. The fourth-order valence-corrected chi connectivity index (χ4v) is 5.79. The molecule has 1 atom stereocenters. The molecule has 0 aromatic rings. The Hall–Kier alpha value is -2.40. The standard InChI is InChI=1S/C47H82O5/c1-4-7-10-13-15-17-19-21-23-25-27-29-31-33-36-39-42-50-43-45(52-47(49)41-38-34-12-9-6-3)44-51-46(48)40-37-35-32-30-28-26-24-22-20-18-16-14-11-8-5-2/h7,10,15-18,21-24,45H,4-6,8-9,11-14,19-20,25-44H2,1-3H3/b10-7-,17-15-,18-16-,23-21-,24-22-. The summed E-state index contributed by atoms with van der Waals surface area (Å²) in [6, 6.07) is 0. The van der Waals surface area contributed by atoms with Crippen molar-refractivity contribution in [2.75, 3.05) is 19.8 Å². The monoisotopic (exact) mass is 727 g/mol. The number of hydrogen-bond donors (Lipinski definition) is 0. The molecule has 0 saturated carbocycles. The van der Waals surface area contributed by atoms with Crippen LogP contribution in [0.1, 0.15) is 201 Å². The predicted octanol–water partition coefficient (Wildman–Crippen LogP) is 14.2. The van der Waals surface area contributed by atoms with Crippen molar-refractivity contribution in [1.29, 1.82) is 0 Å². The molecule has 0 heterocycles. The maximum atomic E-state index is 12.5. The van der Waals surface area contributed by atoms with Crippen LogP contribution in [0.15, 0.2) is 60.8 Å². The summed E-state index contributed by atoms with van der Waals surface area (Å²) >= 11 is 0. The Morgan fingerprint density at radius 2 is 0.865 bits per heavy atom. The van der Waals surface area contributed by atoms with E-state index in [0.717, 1.165) is 89.9 Å². The Balaban J connectivity index is 4.12. The number of esters is 2. The quantitative estimate of drug-likeness (QED) is 0.0358. The van der Waals surface area contributed by atoms with Crippen molar-refractivity contribution >= 4 is 11.9 Å². The van der Waals surface area contributed by atoms with Crippen LogP contribution in [0.2, 0.25) is 0 Å². The third-order valence-corrected chi connectivity index (χ3v) is 9.04. The van der Waals surface area contributed by atoms with Crippen LogP contribution in [-0.2, 0) is 23.8 Å². The molecular formula is C47H82O5. The molecule has 0 amide bonds. The Labute approximate surface area is 322 Å². The third-order valence-electron chi connectivity index (χ3n) is 9.04. The summed E-state index contributed by atoms with van der Waals surface area (Å²) < 4.78 is 17.2. The Bertz CT molecular complexity index is 915. The van der Waals surface area contributed by atoms with Crippen LogP contribution in [0, 0.1) is 0 Å². The largest absolute Gasteiger partial charge is 0.462 e. The summed E-state index contributed by atoms with van der Waals surface area (Å²) in [6.07, 6.45) is 52.4. The SMILES string of the molecule is CC/C=C\C/C=C\C/C=C\CCCCCCCCOCC(COC(=O)CCCCCCC/C=C\C/C=C\CCCCC)OC(=O)CCCCCCC. The number of ether oxygens (including phenoxy) is 3. The lowest BCUT2D eigenvalue weighted by atomic mass is 10.1. The molecule has 0 aromatic carbocycles. The van der Waals surface area contributed by atoms with Gasteiger partial charge in [-0.2, -0.15) is 0 Å². The molecule has 0 saturated heterocycles. The molecule has 52 heavy (non-hydrogen) atoms. The Morgan fingerprint density at radius 3 is 1.42 bits per heavy atom. The number of allylic oxidation sites excluding steroid dienone is 10. The smallest absolute Gasteiger partial charge is 0.306 e. The van der Waals surface area contributed by atoms with E-state index in [9.17, 15) is 9.59 Å². The highest BCUT2D eigenvalue weighted by Crippen LogP contribution is 2.12. The molecule has 0 rings (SSSR count). The van der Waals surface area contributed by atoms with Gasteiger partial charge >= 0.3 is 11.9 Å². The van der Waals surface area contributed by atoms with E-state index in [1.54, 1.807) is 0 Å². The van der Waals surface area contributed by atoms with E-state index in [0.29, 0.717) is 19.4 Å². The molecule has 5 heteroatoms. The average molecular weight is 727 g/mol. The molecule has 0 N–H and O–H groups in total. The fraction of sp³-hybridized carbons (Fsp3) is 0.745. The van der Waals surface area contributed by atoms with E-state index in [1.807, 2.05) is 0 Å². The highest BCUT2D eigenvalue weighted by Gasteiger charge is 2.17. The molecule has 0 radical (unpaired) electrons. The molecule has 5 nitrogen and oxygen atoms in total. The van der Waals surface area contributed by atoms with Gasteiger partial charge in [0.15, 0.2) is 6.10 Å². The van der Waals surface area contributed by atoms with Crippen LogP contribution in [0.25, 0.3) is 0 Å². The van der Waals surface area contributed by atoms with Gasteiger partial charge in [0.1, 0.15) is 6.61 Å². The van der Waals surface area contributed by atoms with Crippen molar-refractivity contribution < 1.29 is 23.8 Å². The number of carbonyl (C=O) groups is 2. The molecule has 0 aliphatic rings. The molecule has 0 aliphatic heterocycles. The van der Waals surface area contributed by atoms with Crippen molar-refractivity contribution in [3.63, 3.8) is 0 Å². The summed E-state index contributed by atoms with van der Waals surface area (Å²) in [5.41, 5.74) is 0. The number of carbonyl (C=O) groups excluding carboxylic acids is 2. The third kappa shape index (κ3) is 40.4. The van der Waals surface area contributed by atoms with Gasteiger partial charge in [-0.25, -0.2) is 0 Å². The van der Waals surface area contributed by atoms with Crippen molar-refractivity contribution in [3.05, 3.63) is 60.8 Å². The number of hydrogen-bond acceptors (Lipinski definition) is 5. The predicted molar refractivity (Wildman–Crippen MR) is 224 cm³/mol. The van der Waals surface area contributed by atoms with E-state index in [1.165, 1.54) is 77.0 Å². The van der Waals surface area contributed by atoms with Gasteiger partial charge in [0.25, 0.3) is 0 Å². The van der Waals surface area contributed by atoms with E-state index in [4.69, 9.17) is 14.2 Å². The summed E-state index contributed by atoms with van der Waals surface area (Å²) in [6.45, 7) is 7.57. The zero-order valence-electron chi connectivity index (χ0n) is 34.3. The van der Waals surface area contributed by atoms with Crippen molar-refractivity contribution in [3.8, 4) is 0 Å². The maximum absolute atomic E-state index is 12.5. The van der Waals surface area contributed by atoms with Gasteiger partial charge < -0.3 is 14.2 Å². The lowest BCUT2D eigenvalue weighted by Crippen LogP contribution is -2.30. The van der Waals surface area contributed by atoms with Crippen LogP contribution in [0.4, 0.5) is 0 Å². The minimum Gasteiger partial charge on any atom is -0.462 e. The summed E-state index contributed by atoms with van der Waals surface area (Å²) in [4.78, 5) is 25.0. The lowest BCUT2D eigenvalue weighted by molar-refractivity contribution is -0.163. The van der Waals surface area contributed by atoms with Gasteiger partial charge in [0.05, 0.1) is 6.61 Å². The normalized spacial score (nSPS) is 12.8. The Kier molecular flexibility index (Phi) is 41.0. The van der Waals surface area contributed by atoms with Crippen LogP contribution in [0.3, 0.4) is 0 Å². The minimum atomic E-state index is -0.543. The van der Waals surface area contributed by atoms with E-state index < -0.39 is 6.10 Å². The zero-order chi connectivity index (χ0) is 37.8. The molecule has 0 fully saturated rings. The molecular weight excluding hydrogens is 645 g/mol. The van der Waals surface area contributed by atoms with E-state index >= 15 is 0 Å². The fourth-order valence-electron chi connectivity index (χ4n) is 5.79. The summed E-state index contributed by atoms with van der Waals surface area (Å²) in [7, 11) is 0. The van der Waals surface area contributed by atoms with Crippen molar-refractivity contribution in [1.82, 2.24) is 0 Å². The first-order valence-corrected chi connectivity index (χ1v) is 21.8. The van der Waals surface area contributed by atoms with Gasteiger partial charge in [-0.15, -0.1) is 0 Å². The summed E-state index contributed by atoms with van der Waals surface area (Å²) in [5.74, 6) is -0.435. The van der Waals surface area contributed by atoms with Crippen LogP contribution < -0.4 is 0 Å². The van der Waals surface area contributed by atoms with Gasteiger partial charge in [-0.1, -0.05) is 165 Å². The summed E-state index contributed by atoms with van der Waals surface area (Å²) in [5, 5.41) is 0. The lowest BCUT2D eigenvalue weighted by Gasteiger charge is -2.18. The maximum Gasteiger partial charge on any atom is 0.306 e. The van der Waals surface area contributed by atoms with Gasteiger partial charge in [0, 0.05) is 19.4 Å². The zero-order valence-corrected chi connectivity index (χ0v) is 34.3. The van der Waals surface area contributed by atoms with Gasteiger partial charge in [-0.05, 0) is 83.5 Å². The first-order valence-electron chi connectivity index (χ1n) is 21.8. The van der Waals surface area contributed by atoms with E-state index in [2.05, 4.69) is 81.5 Å². The molecule has 0 aromatic heterocycles. The van der Waals surface area contributed by atoms with E-state index in [-0.39, 0.29) is 25.2 Å². The molecule has 0 aliphatic carbocycles. The van der Waals surface area contributed by atoms with Crippen molar-refractivity contribution in [2.24, 2.45) is 0 Å². The highest BCUT2D eigenvalue weighted by atomic mass is 16.6. The van der Waals surface area contributed by atoms with Crippen molar-refractivity contribution in [2.45, 2.75) is 207 Å². The molecule has 300 valence electrons. The van der Waals surface area contributed by atoms with Crippen LogP contribution >= 0.6 is 0 Å².